The Morgan fingerprint density at radius 2 is 1.86 bits per heavy atom. The van der Waals surface area contributed by atoms with Gasteiger partial charge in [0.05, 0.1) is 17.4 Å². The first-order chi connectivity index (χ1) is 10.0. The van der Waals surface area contributed by atoms with Crippen LogP contribution in [0.5, 0.6) is 0 Å². The quantitative estimate of drug-likeness (QED) is 0.812. The number of nitrogens with two attached hydrogens (primary N) is 1. The molecule has 2 amide bonds. The van der Waals surface area contributed by atoms with E-state index in [1.807, 2.05) is 0 Å². The van der Waals surface area contributed by atoms with Gasteiger partial charge in [0.2, 0.25) is 11.8 Å². The normalized spacial score (nSPS) is 43.5. The monoisotopic (exact) mass is 292 g/mol. The molecule has 0 aromatic heterocycles. The van der Waals surface area contributed by atoms with Crippen molar-refractivity contribution in [2.45, 2.75) is 64.3 Å². The number of fused-ring (bicyclic) bond motifs is 1. The SMILES string of the molecule is CCC1CC2C(=O)N(C3(CN)CCCC(C)C3)C(=O)C2C1. The van der Waals surface area contributed by atoms with E-state index < -0.39 is 5.54 Å². The largest absolute Gasteiger partial charge is 0.328 e. The van der Waals surface area contributed by atoms with Gasteiger partial charge in [-0.25, -0.2) is 0 Å². The Kier molecular flexibility index (Phi) is 3.85. The third-order valence-electron chi connectivity index (χ3n) is 6.23. The Morgan fingerprint density at radius 1 is 1.24 bits per heavy atom. The Hall–Kier alpha value is -0.900. The number of imide groups is 1. The van der Waals surface area contributed by atoms with E-state index in [1.165, 1.54) is 6.42 Å². The molecule has 0 bridgehead atoms. The number of hydrogen-bond acceptors (Lipinski definition) is 3. The van der Waals surface area contributed by atoms with Crippen LogP contribution in [0.25, 0.3) is 0 Å². The molecular formula is C17H28N2O2. The summed E-state index contributed by atoms with van der Waals surface area (Å²) in [6.07, 6.45) is 6.91. The first-order valence-electron chi connectivity index (χ1n) is 8.60. The number of likely N-dealkylation sites (tertiary alicyclic amines) is 1. The Morgan fingerprint density at radius 3 is 2.33 bits per heavy atom. The van der Waals surface area contributed by atoms with Gasteiger partial charge in [-0.15, -0.1) is 0 Å². The molecule has 0 aromatic rings. The van der Waals surface area contributed by atoms with Crippen LogP contribution in [0.15, 0.2) is 0 Å². The van der Waals surface area contributed by atoms with Gasteiger partial charge in [-0.05, 0) is 37.5 Å². The van der Waals surface area contributed by atoms with Crippen molar-refractivity contribution < 1.29 is 9.59 Å². The van der Waals surface area contributed by atoms with Gasteiger partial charge in [-0.2, -0.15) is 0 Å². The van der Waals surface area contributed by atoms with Gasteiger partial charge >= 0.3 is 0 Å². The van der Waals surface area contributed by atoms with Gasteiger partial charge < -0.3 is 5.73 Å². The maximum absolute atomic E-state index is 12.9. The van der Waals surface area contributed by atoms with E-state index in [2.05, 4.69) is 13.8 Å². The van der Waals surface area contributed by atoms with Crippen LogP contribution in [0.2, 0.25) is 0 Å². The lowest BCUT2D eigenvalue weighted by atomic mass is 9.75. The summed E-state index contributed by atoms with van der Waals surface area (Å²) < 4.78 is 0. The van der Waals surface area contributed by atoms with Gasteiger partial charge in [-0.1, -0.05) is 33.1 Å². The lowest BCUT2D eigenvalue weighted by molar-refractivity contribution is -0.149. The van der Waals surface area contributed by atoms with Crippen LogP contribution in [-0.4, -0.2) is 28.8 Å². The minimum atomic E-state index is -0.391. The van der Waals surface area contributed by atoms with E-state index in [0.29, 0.717) is 18.4 Å². The van der Waals surface area contributed by atoms with Crippen molar-refractivity contribution in [1.29, 1.82) is 0 Å². The van der Waals surface area contributed by atoms with Crippen molar-refractivity contribution in [2.24, 2.45) is 29.4 Å². The van der Waals surface area contributed by atoms with Crippen LogP contribution >= 0.6 is 0 Å². The van der Waals surface area contributed by atoms with E-state index in [9.17, 15) is 9.59 Å². The maximum Gasteiger partial charge on any atom is 0.233 e. The first kappa shape index (κ1) is 15.0. The van der Waals surface area contributed by atoms with Crippen molar-refractivity contribution in [1.82, 2.24) is 4.90 Å². The number of carbonyl (C=O) groups is 2. The highest BCUT2D eigenvalue weighted by Gasteiger charge is 2.58. The molecule has 1 heterocycles. The van der Waals surface area contributed by atoms with E-state index in [-0.39, 0.29) is 23.7 Å². The second kappa shape index (κ2) is 5.38. The van der Waals surface area contributed by atoms with Crippen molar-refractivity contribution in [3.05, 3.63) is 0 Å². The Balaban J connectivity index is 1.86. The molecule has 4 atom stereocenters. The molecule has 0 spiro atoms. The molecule has 118 valence electrons. The van der Waals surface area contributed by atoms with Crippen LogP contribution in [0, 0.1) is 23.7 Å². The van der Waals surface area contributed by atoms with E-state index in [4.69, 9.17) is 5.73 Å². The third kappa shape index (κ3) is 2.23. The molecule has 3 aliphatic rings. The van der Waals surface area contributed by atoms with Crippen LogP contribution in [0.4, 0.5) is 0 Å². The second-order valence-electron chi connectivity index (χ2n) is 7.60. The van der Waals surface area contributed by atoms with Gasteiger partial charge in [0.1, 0.15) is 0 Å². The standard InChI is InChI=1S/C17H28N2O2/c1-3-12-7-13-14(8-12)16(21)19(15(13)20)17(10-18)6-4-5-11(2)9-17/h11-14H,3-10,18H2,1-2H3. The highest BCUT2D eigenvalue weighted by molar-refractivity contribution is 6.06. The van der Waals surface area contributed by atoms with Gasteiger partial charge in [-0.3, -0.25) is 14.5 Å². The molecule has 4 nitrogen and oxygen atoms in total. The first-order valence-corrected chi connectivity index (χ1v) is 8.60. The molecule has 21 heavy (non-hydrogen) atoms. The highest BCUT2D eigenvalue weighted by atomic mass is 16.2. The topological polar surface area (TPSA) is 63.4 Å². The lowest BCUT2D eigenvalue weighted by Gasteiger charge is -2.45. The summed E-state index contributed by atoms with van der Waals surface area (Å²) >= 11 is 0. The summed E-state index contributed by atoms with van der Waals surface area (Å²) in [6, 6.07) is 0. The van der Waals surface area contributed by atoms with Crippen molar-refractivity contribution in [3.8, 4) is 0 Å². The summed E-state index contributed by atoms with van der Waals surface area (Å²) in [6.45, 7) is 4.79. The molecule has 2 saturated carbocycles. The van der Waals surface area contributed by atoms with Gasteiger partial charge in [0, 0.05) is 6.54 Å². The van der Waals surface area contributed by atoms with Crippen LogP contribution in [0.1, 0.15) is 58.8 Å². The fourth-order valence-corrected chi connectivity index (χ4v) is 5.04. The molecule has 3 rings (SSSR count). The summed E-state index contributed by atoms with van der Waals surface area (Å²) in [5, 5.41) is 0. The molecule has 3 fully saturated rings. The van der Waals surface area contributed by atoms with Crippen molar-refractivity contribution in [3.63, 3.8) is 0 Å². The highest BCUT2D eigenvalue weighted by Crippen LogP contribution is 2.48. The number of hydrogen-bond donors (Lipinski definition) is 1. The fourth-order valence-electron chi connectivity index (χ4n) is 5.04. The second-order valence-corrected chi connectivity index (χ2v) is 7.60. The molecule has 0 aromatic carbocycles. The van der Waals surface area contributed by atoms with E-state index in [0.717, 1.165) is 38.5 Å². The zero-order valence-electron chi connectivity index (χ0n) is 13.3. The molecule has 4 unspecified atom stereocenters. The fraction of sp³-hybridized carbons (Fsp3) is 0.882. The minimum absolute atomic E-state index is 0.0527. The third-order valence-corrected chi connectivity index (χ3v) is 6.23. The summed E-state index contributed by atoms with van der Waals surface area (Å²) in [5.74, 6) is 1.16. The predicted molar refractivity (Wildman–Crippen MR) is 81.3 cm³/mol. The number of rotatable bonds is 3. The average molecular weight is 292 g/mol. The van der Waals surface area contributed by atoms with Gasteiger partial charge in [0.15, 0.2) is 0 Å². The molecule has 2 N–H and O–H groups in total. The van der Waals surface area contributed by atoms with Crippen LogP contribution < -0.4 is 5.73 Å². The lowest BCUT2D eigenvalue weighted by Crippen LogP contribution is -2.59. The molecule has 1 saturated heterocycles. The number of carbonyl (C=O) groups excluding carboxylic acids is 2. The zero-order valence-corrected chi connectivity index (χ0v) is 13.3. The van der Waals surface area contributed by atoms with Crippen LogP contribution in [-0.2, 0) is 9.59 Å². The maximum atomic E-state index is 12.9. The molecule has 1 aliphatic heterocycles. The smallest absolute Gasteiger partial charge is 0.233 e. The van der Waals surface area contributed by atoms with Crippen LogP contribution in [0.3, 0.4) is 0 Å². The van der Waals surface area contributed by atoms with Crippen molar-refractivity contribution in [2.75, 3.05) is 6.54 Å². The predicted octanol–water partition coefficient (Wildman–Crippen LogP) is 2.32. The van der Waals surface area contributed by atoms with Gasteiger partial charge in [0.25, 0.3) is 0 Å². The molecule has 2 aliphatic carbocycles. The summed E-state index contributed by atoms with van der Waals surface area (Å²) in [5.41, 5.74) is 5.67. The molecule has 0 radical (unpaired) electrons. The number of nitrogens with zero attached hydrogens (tertiary/aromatic N) is 1. The number of amides is 2. The summed E-state index contributed by atoms with van der Waals surface area (Å²) in [4.78, 5) is 27.4. The Bertz CT molecular complexity index is 426. The average Bonchev–Trinajstić information content (AvgIpc) is 2.99. The molecule has 4 heteroatoms. The summed E-state index contributed by atoms with van der Waals surface area (Å²) in [7, 11) is 0. The van der Waals surface area contributed by atoms with Crippen molar-refractivity contribution >= 4 is 11.8 Å². The van der Waals surface area contributed by atoms with E-state index >= 15 is 0 Å². The minimum Gasteiger partial charge on any atom is -0.328 e. The zero-order chi connectivity index (χ0) is 15.2. The Labute approximate surface area is 127 Å². The molecular weight excluding hydrogens is 264 g/mol. The van der Waals surface area contributed by atoms with E-state index in [1.54, 1.807) is 4.90 Å².